The van der Waals surface area contributed by atoms with E-state index in [2.05, 4.69) is 5.32 Å². The number of nitriles is 1. The quantitative estimate of drug-likeness (QED) is 0.222. The topological polar surface area (TPSA) is 157 Å². The van der Waals surface area contributed by atoms with Crippen molar-refractivity contribution in [2.75, 3.05) is 32.8 Å². The molecular weight excluding hydrogens is 360 g/mol. The van der Waals surface area contributed by atoms with Crippen molar-refractivity contribution in [1.29, 1.82) is 5.26 Å². The van der Waals surface area contributed by atoms with Crippen molar-refractivity contribution < 1.29 is 23.4 Å². The molecule has 1 aromatic carbocycles. The number of hydrogen-bond donors (Lipinski definition) is 4. The molecule has 0 saturated heterocycles. The molecule has 0 bridgehead atoms. The van der Waals surface area contributed by atoms with Gasteiger partial charge in [-0.1, -0.05) is 12.1 Å². The lowest BCUT2D eigenvalue weighted by molar-refractivity contribution is -0.127. The van der Waals surface area contributed by atoms with E-state index in [1.54, 1.807) is 18.2 Å². The van der Waals surface area contributed by atoms with Crippen LogP contribution in [0.3, 0.4) is 0 Å². The van der Waals surface area contributed by atoms with Crippen molar-refractivity contribution in [3.05, 3.63) is 41.6 Å². The first-order valence-electron chi connectivity index (χ1n) is 7.80. The fourth-order valence-corrected chi connectivity index (χ4v) is 2.62. The van der Waals surface area contributed by atoms with Crippen LogP contribution in [0, 0.1) is 11.3 Å². The number of primary sulfonamides is 1. The maximum absolute atomic E-state index is 12.2. The number of aliphatic hydroxyl groups excluding tert-OH is 2. The molecule has 142 valence electrons. The summed E-state index contributed by atoms with van der Waals surface area (Å²) in [5.41, 5.74) is 0.710. The van der Waals surface area contributed by atoms with Crippen LogP contribution in [0.4, 0.5) is 0 Å². The second-order valence-corrected chi connectivity index (χ2v) is 6.86. The number of carbonyl (C=O) groups excluding carboxylic acids is 1. The molecule has 1 rings (SSSR count). The van der Waals surface area contributed by atoms with Gasteiger partial charge in [0.05, 0.1) is 18.1 Å². The van der Waals surface area contributed by atoms with E-state index in [4.69, 9.17) is 20.6 Å². The molecule has 5 N–H and O–H groups in total. The normalized spacial score (nSPS) is 11.7. The van der Waals surface area contributed by atoms with Gasteiger partial charge in [0.15, 0.2) is 0 Å². The molecule has 0 aliphatic rings. The lowest BCUT2D eigenvalue weighted by atomic mass is 10.1. The number of carbonyl (C=O) groups is 1. The number of nitrogens with zero attached hydrogens (tertiary/aromatic N) is 2. The summed E-state index contributed by atoms with van der Waals surface area (Å²) < 4.78 is 22.4. The first kappa shape index (κ1) is 21.6. The van der Waals surface area contributed by atoms with E-state index in [0.29, 0.717) is 13.0 Å². The highest BCUT2D eigenvalue weighted by Crippen LogP contribution is 2.09. The van der Waals surface area contributed by atoms with Crippen LogP contribution in [0.1, 0.15) is 5.56 Å². The highest BCUT2D eigenvalue weighted by molar-refractivity contribution is 7.89. The summed E-state index contributed by atoms with van der Waals surface area (Å²) in [4.78, 5) is 13.4. The molecule has 0 radical (unpaired) electrons. The van der Waals surface area contributed by atoms with Crippen LogP contribution >= 0.6 is 0 Å². The monoisotopic (exact) mass is 382 g/mol. The Labute approximate surface area is 152 Å². The fourth-order valence-electron chi connectivity index (χ4n) is 2.11. The summed E-state index contributed by atoms with van der Waals surface area (Å²) in [5, 5.41) is 34.9. The van der Waals surface area contributed by atoms with Crippen LogP contribution in [-0.2, 0) is 21.2 Å². The van der Waals surface area contributed by atoms with Gasteiger partial charge in [-0.2, -0.15) is 5.26 Å². The molecule has 0 heterocycles. The molecule has 0 spiro atoms. The van der Waals surface area contributed by atoms with Gasteiger partial charge >= 0.3 is 0 Å². The molecule has 0 saturated carbocycles. The predicted octanol–water partition coefficient (Wildman–Crippen LogP) is -1.31. The number of benzene rings is 1. The number of hydrogen-bond acceptors (Lipinski definition) is 7. The zero-order valence-corrected chi connectivity index (χ0v) is 14.9. The maximum Gasteiger partial charge on any atom is 0.266 e. The van der Waals surface area contributed by atoms with Gasteiger partial charge in [-0.3, -0.25) is 4.79 Å². The molecule has 0 aliphatic carbocycles. The van der Waals surface area contributed by atoms with Gasteiger partial charge in [0.1, 0.15) is 11.6 Å². The predicted molar refractivity (Wildman–Crippen MR) is 94.0 cm³/mol. The SMILES string of the molecule is N#C/C(=C/NCCc1ccc(S(N)(=O)=O)cc1)C(=O)N(CCO)CCO. The van der Waals surface area contributed by atoms with Gasteiger partial charge in [0, 0.05) is 25.8 Å². The van der Waals surface area contributed by atoms with Crippen molar-refractivity contribution in [2.24, 2.45) is 5.14 Å². The molecule has 26 heavy (non-hydrogen) atoms. The summed E-state index contributed by atoms with van der Waals surface area (Å²) in [6.45, 7) is -0.0877. The summed E-state index contributed by atoms with van der Waals surface area (Å²) in [5.74, 6) is -0.583. The fraction of sp³-hybridized carbons (Fsp3) is 0.375. The van der Waals surface area contributed by atoms with E-state index in [1.807, 2.05) is 0 Å². The van der Waals surface area contributed by atoms with E-state index in [9.17, 15) is 13.2 Å². The van der Waals surface area contributed by atoms with Gasteiger partial charge in [-0.15, -0.1) is 0 Å². The Morgan fingerprint density at radius 1 is 1.23 bits per heavy atom. The Morgan fingerprint density at radius 2 is 1.81 bits per heavy atom. The van der Waals surface area contributed by atoms with Crippen LogP contribution in [-0.4, -0.2) is 62.3 Å². The second kappa shape index (κ2) is 10.5. The summed E-state index contributed by atoms with van der Waals surface area (Å²) >= 11 is 0. The number of aliphatic hydroxyl groups is 2. The maximum atomic E-state index is 12.2. The minimum absolute atomic E-state index is 0.0226. The number of nitrogens with two attached hydrogens (primary N) is 1. The number of nitrogens with one attached hydrogen (secondary N) is 1. The standard InChI is InChI=1S/C16H22N4O5S/c17-11-14(16(23)20(7-9-21)8-10-22)12-19-6-5-13-1-3-15(4-2-13)26(18,24)25/h1-4,12,19,21-22H,5-10H2,(H2,18,24,25)/b14-12-. The average Bonchev–Trinajstić information content (AvgIpc) is 2.61. The molecule has 0 aliphatic heterocycles. The van der Waals surface area contributed by atoms with Gasteiger partial charge in [0.25, 0.3) is 5.91 Å². The van der Waals surface area contributed by atoms with Crippen LogP contribution in [0.2, 0.25) is 0 Å². The summed E-state index contributed by atoms with van der Waals surface area (Å²) in [6, 6.07) is 7.87. The molecule has 9 nitrogen and oxygen atoms in total. The van der Waals surface area contributed by atoms with Crippen LogP contribution in [0.15, 0.2) is 40.9 Å². The van der Waals surface area contributed by atoms with Gasteiger partial charge < -0.3 is 20.4 Å². The van der Waals surface area contributed by atoms with E-state index in [1.165, 1.54) is 23.2 Å². The smallest absolute Gasteiger partial charge is 0.266 e. The lowest BCUT2D eigenvalue weighted by Crippen LogP contribution is -2.37. The van der Waals surface area contributed by atoms with Crippen molar-refractivity contribution in [3.8, 4) is 6.07 Å². The molecule has 0 fully saturated rings. The lowest BCUT2D eigenvalue weighted by Gasteiger charge is -2.20. The van der Waals surface area contributed by atoms with E-state index in [0.717, 1.165) is 5.56 Å². The molecule has 10 heteroatoms. The van der Waals surface area contributed by atoms with Crippen molar-refractivity contribution in [2.45, 2.75) is 11.3 Å². The van der Waals surface area contributed by atoms with E-state index in [-0.39, 0.29) is 36.8 Å². The highest BCUT2D eigenvalue weighted by Gasteiger charge is 2.17. The zero-order valence-electron chi connectivity index (χ0n) is 14.1. The van der Waals surface area contributed by atoms with Crippen LogP contribution in [0.5, 0.6) is 0 Å². The van der Waals surface area contributed by atoms with E-state index >= 15 is 0 Å². The summed E-state index contributed by atoms with van der Waals surface area (Å²) in [6.07, 6.45) is 1.81. The Hall–Kier alpha value is -2.45. The molecule has 0 atom stereocenters. The Balaban J connectivity index is 2.62. The van der Waals surface area contributed by atoms with E-state index < -0.39 is 15.9 Å². The first-order chi connectivity index (χ1) is 12.3. The van der Waals surface area contributed by atoms with Gasteiger partial charge in [-0.05, 0) is 24.1 Å². The number of sulfonamides is 1. The molecule has 0 aromatic heterocycles. The average molecular weight is 382 g/mol. The van der Waals surface area contributed by atoms with Gasteiger partial charge in [0.2, 0.25) is 10.0 Å². The van der Waals surface area contributed by atoms with Crippen molar-refractivity contribution in [1.82, 2.24) is 10.2 Å². The third-order valence-electron chi connectivity index (χ3n) is 3.43. The Morgan fingerprint density at radius 3 is 2.27 bits per heavy atom. The van der Waals surface area contributed by atoms with Gasteiger partial charge in [-0.25, -0.2) is 13.6 Å². The van der Waals surface area contributed by atoms with Crippen LogP contribution < -0.4 is 10.5 Å². The number of amides is 1. The third-order valence-corrected chi connectivity index (χ3v) is 4.36. The Kier molecular flexibility index (Phi) is 8.74. The number of rotatable bonds is 10. The zero-order chi connectivity index (χ0) is 19.6. The minimum Gasteiger partial charge on any atom is -0.395 e. The highest BCUT2D eigenvalue weighted by atomic mass is 32.2. The molecule has 1 aromatic rings. The molecular formula is C16H22N4O5S. The first-order valence-corrected chi connectivity index (χ1v) is 9.34. The molecule has 0 unspecified atom stereocenters. The minimum atomic E-state index is -3.73. The van der Waals surface area contributed by atoms with Crippen LogP contribution in [0.25, 0.3) is 0 Å². The Bertz CT molecular complexity index is 763. The molecule has 1 amide bonds. The third kappa shape index (κ3) is 6.81. The van der Waals surface area contributed by atoms with Crippen molar-refractivity contribution in [3.63, 3.8) is 0 Å². The van der Waals surface area contributed by atoms with Crippen molar-refractivity contribution >= 4 is 15.9 Å². The summed E-state index contributed by atoms with van der Waals surface area (Å²) in [7, 11) is -3.73. The second-order valence-electron chi connectivity index (χ2n) is 5.30. The largest absolute Gasteiger partial charge is 0.395 e.